The summed E-state index contributed by atoms with van der Waals surface area (Å²) in [5.41, 5.74) is 6.68. The summed E-state index contributed by atoms with van der Waals surface area (Å²) in [6.07, 6.45) is 6.03. The van der Waals surface area contributed by atoms with Gasteiger partial charge in [0.2, 0.25) is 11.8 Å². The molecule has 0 aromatic heterocycles. The van der Waals surface area contributed by atoms with Gasteiger partial charge in [0.1, 0.15) is 0 Å². The van der Waals surface area contributed by atoms with Gasteiger partial charge in [-0.25, -0.2) is 0 Å². The minimum atomic E-state index is -0.292. The van der Waals surface area contributed by atoms with Crippen LogP contribution in [0.2, 0.25) is 0 Å². The minimum absolute atomic E-state index is 0.0787. The number of amides is 2. The molecule has 1 aliphatic heterocycles. The zero-order valence-corrected chi connectivity index (χ0v) is 16.2. The van der Waals surface area contributed by atoms with E-state index in [1.54, 1.807) is 0 Å². The zero-order chi connectivity index (χ0) is 19.1. The maximum absolute atomic E-state index is 12.5. The molecule has 6 heteroatoms. The smallest absolute Gasteiger partial charge is 0.234 e. The Morgan fingerprint density at radius 1 is 0.926 bits per heavy atom. The number of nitrogens with one attached hydrogen (secondary N) is 1. The van der Waals surface area contributed by atoms with Gasteiger partial charge in [-0.3, -0.25) is 19.4 Å². The van der Waals surface area contributed by atoms with E-state index in [9.17, 15) is 9.59 Å². The molecular weight excluding hydrogens is 340 g/mol. The molecule has 2 fully saturated rings. The number of piperazine rings is 1. The lowest BCUT2D eigenvalue weighted by molar-refractivity contribution is -0.124. The molecule has 2 aliphatic rings. The molecule has 3 rings (SSSR count). The lowest BCUT2D eigenvalue weighted by Gasteiger charge is -2.38. The molecule has 1 saturated carbocycles. The number of hydrogen-bond donors (Lipinski definition) is 2. The molecule has 148 valence electrons. The van der Waals surface area contributed by atoms with E-state index in [0.29, 0.717) is 13.1 Å². The zero-order valence-electron chi connectivity index (χ0n) is 16.2. The molecule has 0 spiro atoms. The average Bonchev–Trinajstić information content (AvgIpc) is 2.69. The molecule has 3 N–H and O–H groups in total. The van der Waals surface area contributed by atoms with E-state index in [0.717, 1.165) is 45.6 Å². The van der Waals surface area contributed by atoms with E-state index in [1.807, 2.05) is 4.90 Å². The van der Waals surface area contributed by atoms with Crippen LogP contribution in [0.15, 0.2) is 30.3 Å². The van der Waals surface area contributed by atoms with Crippen molar-refractivity contribution in [3.63, 3.8) is 0 Å². The van der Waals surface area contributed by atoms with E-state index in [-0.39, 0.29) is 17.2 Å². The number of primary amides is 1. The van der Waals surface area contributed by atoms with Crippen molar-refractivity contribution < 1.29 is 9.59 Å². The maximum Gasteiger partial charge on any atom is 0.234 e. The predicted octanol–water partition coefficient (Wildman–Crippen LogP) is 1.11. The predicted molar refractivity (Wildman–Crippen MR) is 106 cm³/mol. The summed E-state index contributed by atoms with van der Waals surface area (Å²) in [6.45, 7) is 4.61. The first-order chi connectivity index (χ1) is 13.1. The van der Waals surface area contributed by atoms with Crippen LogP contribution in [0.1, 0.15) is 37.7 Å². The Morgan fingerprint density at radius 3 is 2.11 bits per heavy atom. The van der Waals surface area contributed by atoms with Crippen LogP contribution >= 0.6 is 0 Å². The normalized spacial score (nSPS) is 20.9. The van der Waals surface area contributed by atoms with Gasteiger partial charge in [0.05, 0.1) is 13.1 Å². The first-order valence-electron chi connectivity index (χ1n) is 10.1. The SMILES string of the molecule is NC(=O)CN1CCN(CC(=O)NCC2(c3ccccc3)CCCCC2)CC1. The van der Waals surface area contributed by atoms with Crippen LogP contribution in [0.4, 0.5) is 0 Å². The van der Waals surface area contributed by atoms with Crippen molar-refractivity contribution in [1.82, 2.24) is 15.1 Å². The maximum atomic E-state index is 12.5. The Morgan fingerprint density at radius 2 is 1.52 bits per heavy atom. The van der Waals surface area contributed by atoms with Crippen molar-refractivity contribution >= 4 is 11.8 Å². The monoisotopic (exact) mass is 372 g/mol. The summed E-state index contributed by atoms with van der Waals surface area (Å²) in [5.74, 6) is -0.195. The second-order valence-corrected chi connectivity index (χ2v) is 8.00. The Hall–Kier alpha value is -1.92. The van der Waals surface area contributed by atoms with Crippen molar-refractivity contribution in [3.05, 3.63) is 35.9 Å². The molecule has 0 radical (unpaired) electrons. The highest BCUT2D eigenvalue weighted by molar-refractivity contribution is 5.78. The van der Waals surface area contributed by atoms with E-state index >= 15 is 0 Å². The Bertz CT molecular complexity index is 620. The summed E-state index contributed by atoms with van der Waals surface area (Å²) in [5, 5.41) is 3.21. The highest BCUT2D eigenvalue weighted by Gasteiger charge is 2.34. The van der Waals surface area contributed by atoms with E-state index < -0.39 is 0 Å². The fourth-order valence-electron chi connectivity index (χ4n) is 4.44. The minimum Gasteiger partial charge on any atom is -0.369 e. The molecule has 1 saturated heterocycles. The van der Waals surface area contributed by atoms with Crippen molar-refractivity contribution in [2.24, 2.45) is 5.73 Å². The van der Waals surface area contributed by atoms with Gasteiger partial charge >= 0.3 is 0 Å². The van der Waals surface area contributed by atoms with Crippen molar-refractivity contribution in [1.29, 1.82) is 0 Å². The van der Waals surface area contributed by atoms with E-state index in [4.69, 9.17) is 5.73 Å². The Labute approximate surface area is 162 Å². The average molecular weight is 373 g/mol. The quantitative estimate of drug-likeness (QED) is 0.751. The molecule has 6 nitrogen and oxygen atoms in total. The first-order valence-corrected chi connectivity index (χ1v) is 10.1. The lowest BCUT2D eigenvalue weighted by atomic mass is 9.69. The van der Waals surface area contributed by atoms with Gasteiger partial charge in [-0.2, -0.15) is 0 Å². The number of carbonyl (C=O) groups is 2. The largest absolute Gasteiger partial charge is 0.369 e. The second kappa shape index (κ2) is 9.33. The third-order valence-electron chi connectivity index (χ3n) is 6.03. The topological polar surface area (TPSA) is 78.7 Å². The summed E-state index contributed by atoms with van der Waals surface area (Å²) >= 11 is 0. The molecule has 27 heavy (non-hydrogen) atoms. The number of carbonyl (C=O) groups excluding carboxylic acids is 2. The van der Waals surface area contributed by atoms with Crippen LogP contribution in [0.3, 0.4) is 0 Å². The Balaban J connectivity index is 1.49. The fourth-order valence-corrected chi connectivity index (χ4v) is 4.44. The Kier molecular flexibility index (Phi) is 6.85. The molecule has 0 bridgehead atoms. The first kappa shape index (κ1) is 19.8. The number of benzene rings is 1. The molecule has 1 aliphatic carbocycles. The van der Waals surface area contributed by atoms with Crippen LogP contribution in [0.25, 0.3) is 0 Å². The molecule has 0 atom stereocenters. The highest BCUT2D eigenvalue weighted by atomic mass is 16.2. The van der Waals surface area contributed by atoms with E-state index in [1.165, 1.54) is 24.8 Å². The molecule has 1 aromatic rings. The standard InChI is InChI=1S/C21H32N4O2/c22-19(26)15-24-11-13-25(14-12-24)16-20(27)23-17-21(9-5-2-6-10-21)18-7-3-1-4-8-18/h1,3-4,7-8H,2,5-6,9-17H2,(H2,22,26)(H,23,27). The molecule has 1 aromatic carbocycles. The van der Waals surface area contributed by atoms with Crippen LogP contribution in [-0.2, 0) is 15.0 Å². The van der Waals surface area contributed by atoms with Crippen molar-refractivity contribution in [2.45, 2.75) is 37.5 Å². The number of nitrogens with two attached hydrogens (primary N) is 1. The van der Waals surface area contributed by atoms with Crippen LogP contribution in [0, 0.1) is 0 Å². The summed E-state index contributed by atoms with van der Waals surface area (Å²) in [6, 6.07) is 10.7. The second-order valence-electron chi connectivity index (χ2n) is 8.00. The van der Waals surface area contributed by atoms with Gasteiger partial charge in [-0.15, -0.1) is 0 Å². The summed E-state index contributed by atoms with van der Waals surface area (Å²) < 4.78 is 0. The number of nitrogens with zero attached hydrogens (tertiary/aromatic N) is 2. The van der Waals surface area contributed by atoms with Crippen LogP contribution < -0.4 is 11.1 Å². The lowest BCUT2D eigenvalue weighted by Crippen LogP contribution is -2.52. The van der Waals surface area contributed by atoms with Gasteiger partial charge in [-0.1, -0.05) is 49.6 Å². The third kappa shape index (κ3) is 5.53. The van der Waals surface area contributed by atoms with Gasteiger partial charge < -0.3 is 11.1 Å². The number of hydrogen-bond acceptors (Lipinski definition) is 4. The van der Waals surface area contributed by atoms with Gasteiger partial charge in [0, 0.05) is 38.1 Å². The van der Waals surface area contributed by atoms with Crippen LogP contribution in [0.5, 0.6) is 0 Å². The van der Waals surface area contributed by atoms with Gasteiger partial charge in [-0.05, 0) is 18.4 Å². The third-order valence-corrected chi connectivity index (χ3v) is 6.03. The van der Waals surface area contributed by atoms with Crippen LogP contribution in [-0.4, -0.2) is 67.4 Å². The van der Waals surface area contributed by atoms with Crippen molar-refractivity contribution in [2.75, 3.05) is 45.8 Å². The highest BCUT2D eigenvalue weighted by Crippen LogP contribution is 2.38. The molecular formula is C21H32N4O2. The van der Waals surface area contributed by atoms with E-state index in [2.05, 4.69) is 40.5 Å². The fraction of sp³-hybridized carbons (Fsp3) is 0.619. The summed E-state index contributed by atoms with van der Waals surface area (Å²) in [7, 11) is 0. The van der Waals surface area contributed by atoms with Gasteiger partial charge in [0.15, 0.2) is 0 Å². The van der Waals surface area contributed by atoms with Crippen molar-refractivity contribution in [3.8, 4) is 0 Å². The molecule has 0 unspecified atom stereocenters. The molecule has 2 amide bonds. The number of rotatable bonds is 7. The molecule has 1 heterocycles. The van der Waals surface area contributed by atoms with Gasteiger partial charge in [0.25, 0.3) is 0 Å². The summed E-state index contributed by atoms with van der Waals surface area (Å²) in [4.78, 5) is 27.8.